The number of rotatable bonds is 1. The SMILES string of the molecule is Cc1ncc(I)n2c(C3CCCCN3C(=O)O)nc(Br)c12. The molecule has 1 N–H and O–H groups in total. The number of nitrogens with zero attached hydrogens (tertiary/aromatic N) is 4. The molecule has 2 aromatic heterocycles. The lowest BCUT2D eigenvalue weighted by molar-refractivity contribution is 0.103. The highest BCUT2D eigenvalue weighted by Crippen LogP contribution is 2.34. The molecule has 6 nitrogen and oxygen atoms in total. The maximum atomic E-state index is 11.5. The molecule has 1 amide bonds. The average Bonchev–Trinajstić information content (AvgIpc) is 2.82. The van der Waals surface area contributed by atoms with Crippen molar-refractivity contribution in [2.24, 2.45) is 0 Å². The molecule has 1 unspecified atom stereocenters. The van der Waals surface area contributed by atoms with Crippen LogP contribution in [0.5, 0.6) is 0 Å². The zero-order valence-corrected chi connectivity index (χ0v) is 15.1. The van der Waals surface area contributed by atoms with Crippen LogP contribution in [-0.4, -0.2) is 37.0 Å². The Kier molecular flexibility index (Phi) is 4.08. The molecule has 112 valence electrons. The van der Waals surface area contributed by atoms with Crippen LogP contribution in [0.4, 0.5) is 4.79 Å². The van der Waals surface area contributed by atoms with Gasteiger partial charge in [-0.05, 0) is 64.7 Å². The van der Waals surface area contributed by atoms with E-state index < -0.39 is 6.09 Å². The largest absolute Gasteiger partial charge is 0.465 e. The first-order valence-electron chi connectivity index (χ1n) is 6.69. The van der Waals surface area contributed by atoms with E-state index in [1.165, 1.54) is 4.90 Å². The normalized spacial score (nSPS) is 19.2. The lowest BCUT2D eigenvalue weighted by atomic mass is 10.0. The van der Waals surface area contributed by atoms with E-state index in [4.69, 9.17) is 0 Å². The number of aromatic nitrogens is 3. The zero-order chi connectivity index (χ0) is 15.1. The number of fused-ring (bicyclic) bond motifs is 1. The number of hydrogen-bond donors (Lipinski definition) is 1. The second-order valence-electron chi connectivity index (χ2n) is 5.10. The van der Waals surface area contributed by atoms with Gasteiger partial charge in [0.1, 0.15) is 19.6 Å². The first-order valence-corrected chi connectivity index (χ1v) is 8.56. The predicted molar refractivity (Wildman–Crippen MR) is 89.5 cm³/mol. The second kappa shape index (κ2) is 5.71. The number of likely N-dealkylation sites (tertiary alicyclic amines) is 1. The van der Waals surface area contributed by atoms with Gasteiger partial charge in [0.25, 0.3) is 0 Å². The Hall–Kier alpha value is -0.900. The van der Waals surface area contributed by atoms with Gasteiger partial charge in [0.05, 0.1) is 17.9 Å². The number of amides is 1. The minimum atomic E-state index is -0.881. The fourth-order valence-electron chi connectivity index (χ4n) is 2.86. The van der Waals surface area contributed by atoms with Gasteiger partial charge in [-0.1, -0.05) is 0 Å². The van der Waals surface area contributed by atoms with Crippen molar-refractivity contribution in [3.63, 3.8) is 0 Å². The number of halogens is 2. The van der Waals surface area contributed by atoms with E-state index in [-0.39, 0.29) is 6.04 Å². The summed E-state index contributed by atoms with van der Waals surface area (Å²) in [4.78, 5) is 21.9. The Balaban J connectivity index is 2.20. The van der Waals surface area contributed by atoms with Gasteiger partial charge in [-0.25, -0.2) is 9.78 Å². The summed E-state index contributed by atoms with van der Waals surface area (Å²) in [6.07, 6.45) is 3.63. The molecule has 0 aromatic carbocycles. The minimum Gasteiger partial charge on any atom is -0.465 e. The quantitative estimate of drug-likeness (QED) is 0.654. The zero-order valence-electron chi connectivity index (χ0n) is 11.4. The number of imidazole rings is 1. The molecule has 0 spiro atoms. The monoisotopic (exact) mass is 464 g/mol. The van der Waals surface area contributed by atoms with Crippen molar-refractivity contribution in [2.75, 3.05) is 6.54 Å². The topological polar surface area (TPSA) is 70.7 Å². The molecule has 2 aromatic rings. The predicted octanol–water partition coefficient (Wildman–Crippen LogP) is 3.61. The molecule has 1 aliphatic rings. The molecule has 1 atom stereocenters. The van der Waals surface area contributed by atoms with E-state index in [1.807, 2.05) is 11.3 Å². The molecule has 0 saturated carbocycles. The van der Waals surface area contributed by atoms with Gasteiger partial charge < -0.3 is 5.11 Å². The summed E-state index contributed by atoms with van der Waals surface area (Å²) in [7, 11) is 0. The van der Waals surface area contributed by atoms with Crippen molar-refractivity contribution in [1.29, 1.82) is 0 Å². The molecule has 1 saturated heterocycles. The number of hydrogen-bond acceptors (Lipinski definition) is 3. The second-order valence-corrected chi connectivity index (χ2v) is 6.96. The highest BCUT2D eigenvalue weighted by molar-refractivity contribution is 14.1. The Morgan fingerprint density at radius 1 is 1.52 bits per heavy atom. The van der Waals surface area contributed by atoms with Crippen LogP contribution in [0.25, 0.3) is 5.52 Å². The van der Waals surface area contributed by atoms with Gasteiger partial charge in [0.15, 0.2) is 0 Å². The molecule has 1 aliphatic heterocycles. The van der Waals surface area contributed by atoms with Crippen molar-refractivity contribution < 1.29 is 9.90 Å². The Morgan fingerprint density at radius 3 is 3.00 bits per heavy atom. The van der Waals surface area contributed by atoms with Crippen LogP contribution in [0.3, 0.4) is 0 Å². The van der Waals surface area contributed by atoms with Crippen LogP contribution in [0, 0.1) is 10.6 Å². The highest BCUT2D eigenvalue weighted by atomic mass is 127. The third-order valence-electron chi connectivity index (χ3n) is 3.83. The molecule has 8 heteroatoms. The summed E-state index contributed by atoms with van der Waals surface area (Å²) in [5, 5.41) is 9.44. The molecule has 0 radical (unpaired) electrons. The van der Waals surface area contributed by atoms with Crippen molar-refractivity contribution in [3.8, 4) is 0 Å². The maximum absolute atomic E-state index is 11.5. The van der Waals surface area contributed by atoms with E-state index in [1.54, 1.807) is 6.20 Å². The van der Waals surface area contributed by atoms with Crippen LogP contribution in [-0.2, 0) is 0 Å². The van der Waals surface area contributed by atoms with Crippen LogP contribution < -0.4 is 0 Å². The van der Waals surface area contributed by atoms with E-state index in [0.29, 0.717) is 6.54 Å². The summed E-state index contributed by atoms with van der Waals surface area (Å²) >= 11 is 5.69. The van der Waals surface area contributed by atoms with Crippen LogP contribution in [0.1, 0.15) is 36.8 Å². The molecular weight excluding hydrogens is 451 g/mol. The van der Waals surface area contributed by atoms with Crippen molar-refractivity contribution >= 4 is 50.1 Å². The van der Waals surface area contributed by atoms with Crippen LogP contribution >= 0.6 is 38.5 Å². The fourth-order valence-corrected chi connectivity index (χ4v) is 4.13. The summed E-state index contributed by atoms with van der Waals surface area (Å²) in [5.74, 6) is 0.772. The van der Waals surface area contributed by atoms with Gasteiger partial charge in [-0.2, -0.15) is 0 Å². The Bertz CT molecular complexity index is 718. The first kappa shape index (κ1) is 15.0. The number of carbonyl (C=O) groups is 1. The van der Waals surface area contributed by atoms with Crippen molar-refractivity contribution in [2.45, 2.75) is 32.2 Å². The summed E-state index contributed by atoms with van der Waals surface area (Å²) in [6.45, 7) is 2.49. The van der Waals surface area contributed by atoms with Gasteiger partial charge in [-0.15, -0.1) is 0 Å². The smallest absolute Gasteiger partial charge is 0.407 e. The van der Waals surface area contributed by atoms with E-state index in [9.17, 15) is 9.90 Å². The summed E-state index contributed by atoms with van der Waals surface area (Å²) < 4.78 is 3.66. The van der Waals surface area contributed by atoms with Crippen molar-refractivity contribution in [3.05, 3.63) is 26.0 Å². The molecule has 21 heavy (non-hydrogen) atoms. The van der Waals surface area contributed by atoms with Gasteiger partial charge in [0, 0.05) is 6.54 Å². The van der Waals surface area contributed by atoms with E-state index in [2.05, 4.69) is 48.5 Å². The summed E-state index contributed by atoms with van der Waals surface area (Å²) in [6, 6.07) is -0.203. The highest BCUT2D eigenvalue weighted by Gasteiger charge is 2.32. The molecule has 1 fully saturated rings. The third-order valence-corrected chi connectivity index (χ3v) is 5.14. The van der Waals surface area contributed by atoms with Crippen molar-refractivity contribution in [1.82, 2.24) is 19.3 Å². The number of carboxylic acid groups (broad SMARTS) is 1. The third kappa shape index (κ3) is 2.52. The molecular formula is C13H14BrIN4O2. The lowest BCUT2D eigenvalue weighted by Gasteiger charge is -2.32. The van der Waals surface area contributed by atoms with Crippen LogP contribution in [0.15, 0.2) is 10.8 Å². The molecule has 3 rings (SSSR count). The van der Waals surface area contributed by atoms with Crippen LogP contribution in [0.2, 0.25) is 0 Å². The van der Waals surface area contributed by atoms with E-state index in [0.717, 1.165) is 44.6 Å². The fraction of sp³-hybridized carbons (Fsp3) is 0.462. The number of aryl methyl sites for hydroxylation is 1. The Morgan fingerprint density at radius 2 is 2.29 bits per heavy atom. The maximum Gasteiger partial charge on any atom is 0.407 e. The molecule has 3 heterocycles. The minimum absolute atomic E-state index is 0.203. The average molecular weight is 465 g/mol. The van der Waals surface area contributed by atoms with Gasteiger partial charge in [0.2, 0.25) is 0 Å². The van der Waals surface area contributed by atoms with E-state index >= 15 is 0 Å². The molecule has 0 bridgehead atoms. The first-order chi connectivity index (χ1) is 10.0. The lowest BCUT2D eigenvalue weighted by Crippen LogP contribution is -2.38. The standard InChI is InChI=1S/C13H14BrIN4O2/c1-7-10-11(14)17-12(19(10)9(15)6-16-7)8-4-2-3-5-18(8)13(20)21/h6,8H,2-5H2,1H3,(H,20,21). The van der Waals surface area contributed by atoms with Gasteiger partial charge >= 0.3 is 6.09 Å². The number of piperidine rings is 1. The molecule has 0 aliphatic carbocycles. The van der Waals surface area contributed by atoms with Gasteiger partial charge in [-0.3, -0.25) is 14.3 Å². The summed E-state index contributed by atoms with van der Waals surface area (Å²) in [5.41, 5.74) is 1.78. The Labute approximate surface area is 143 Å².